The molecule has 88 heavy (non-hydrogen) atoms. The van der Waals surface area contributed by atoms with Crippen LogP contribution >= 0.6 is 0 Å². The Kier molecular flexibility index (Phi) is 21.8. The molecule has 0 aliphatic heterocycles. The average molecular weight is 1190 g/mol. The molecule has 0 radical (unpaired) electrons. The zero-order valence-corrected chi connectivity index (χ0v) is 50.5. The van der Waals surface area contributed by atoms with Crippen LogP contribution in [0.3, 0.4) is 0 Å². The molecule has 9 aromatic rings. The molecular formula is C70H82N12O6. The second-order valence-electron chi connectivity index (χ2n) is 22.9. The zero-order chi connectivity index (χ0) is 62.1. The van der Waals surface area contributed by atoms with Crippen LogP contribution in [0.25, 0.3) is 32.7 Å². The van der Waals surface area contributed by atoms with Gasteiger partial charge in [-0.25, -0.2) is 0 Å². The lowest BCUT2D eigenvalue weighted by molar-refractivity contribution is -0.126. The van der Waals surface area contributed by atoms with E-state index in [9.17, 15) is 28.8 Å². The first-order chi connectivity index (χ1) is 42.7. The number of aromatic nitrogens is 3. The number of unbranched alkanes of at least 4 members (excludes halogenated alkanes) is 3. The van der Waals surface area contributed by atoms with E-state index in [0.29, 0.717) is 94.5 Å². The van der Waals surface area contributed by atoms with Crippen molar-refractivity contribution < 1.29 is 28.8 Å². The SMILES string of the molecule is Cc1cccc2[nH]cc(CC(=O)N[C@H](CCCCN)C(=O)Nc3ccc(C(c4ccc(NC(=O)[C@@H](CCCCN)NC(=O)Cc5c[nH]c6cccc(C)c56)cc4)c4ccc(NC(=O)[C@@H](CCCCN)NC(=O)Cc5c[nH]c6cccc(C)c56)cc4)cc3)c12. The maximum Gasteiger partial charge on any atom is 0.246 e. The first-order valence-electron chi connectivity index (χ1n) is 30.6. The highest BCUT2D eigenvalue weighted by molar-refractivity contribution is 6.01. The largest absolute Gasteiger partial charge is 0.361 e. The Hall–Kier alpha value is -9.36. The number of aryl methyl sites for hydroxylation is 3. The summed E-state index contributed by atoms with van der Waals surface area (Å²) in [6.07, 6.45) is 11.0. The predicted octanol–water partition coefficient (Wildman–Crippen LogP) is 9.62. The quantitative estimate of drug-likeness (QED) is 0.0150. The molecule has 6 aromatic carbocycles. The van der Waals surface area contributed by atoms with E-state index in [-0.39, 0.29) is 60.6 Å². The predicted molar refractivity (Wildman–Crippen MR) is 351 cm³/mol. The van der Waals surface area contributed by atoms with Crippen molar-refractivity contribution in [1.29, 1.82) is 0 Å². The Labute approximate surface area is 513 Å². The van der Waals surface area contributed by atoms with Crippen LogP contribution in [-0.4, -0.2) is 88.2 Å². The molecule has 0 spiro atoms. The summed E-state index contributed by atoms with van der Waals surface area (Å²) >= 11 is 0. The Morgan fingerprint density at radius 1 is 0.375 bits per heavy atom. The molecule has 0 bridgehead atoms. The summed E-state index contributed by atoms with van der Waals surface area (Å²) in [6, 6.07) is 38.0. The summed E-state index contributed by atoms with van der Waals surface area (Å²) in [7, 11) is 0. The van der Waals surface area contributed by atoms with Gasteiger partial charge in [0.2, 0.25) is 35.4 Å². The Morgan fingerprint density at radius 3 is 0.909 bits per heavy atom. The van der Waals surface area contributed by atoms with Crippen molar-refractivity contribution in [2.75, 3.05) is 35.6 Å². The lowest BCUT2D eigenvalue weighted by atomic mass is 9.85. The van der Waals surface area contributed by atoms with Crippen molar-refractivity contribution in [2.45, 2.75) is 122 Å². The maximum atomic E-state index is 14.1. The molecule has 18 nitrogen and oxygen atoms in total. The smallest absolute Gasteiger partial charge is 0.246 e. The number of hydrogen-bond acceptors (Lipinski definition) is 9. The normalized spacial score (nSPS) is 12.4. The molecule has 0 fully saturated rings. The summed E-state index contributed by atoms with van der Waals surface area (Å²) in [5.74, 6) is -2.25. The van der Waals surface area contributed by atoms with E-state index >= 15 is 0 Å². The molecule has 0 saturated carbocycles. The van der Waals surface area contributed by atoms with Crippen LogP contribution in [0, 0.1) is 20.8 Å². The molecule has 3 heterocycles. The van der Waals surface area contributed by atoms with Crippen LogP contribution in [-0.2, 0) is 48.0 Å². The highest BCUT2D eigenvalue weighted by atomic mass is 16.2. The van der Waals surface area contributed by atoms with Crippen LogP contribution in [0.4, 0.5) is 17.1 Å². The number of hydrogen-bond donors (Lipinski definition) is 12. The van der Waals surface area contributed by atoms with Gasteiger partial charge in [0.25, 0.3) is 0 Å². The minimum absolute atomic E-state index is 0.101. The molecule has 3 aromatic heterocycles. The fraction of sp³-hybridized carbons (Fsp3) is 0.314. The summed E-state index contributed by atoms with van der Waals surface area (Å²) in [4.78, 5) is 92.8. The lowest BCUT2D eigenvalue weighted by Crippen LogP contribution is -2.44. The van der Waals surface area contributed by atoms with Crippen LogP contribution in [0.1, 0.15) is 114 Å². The second-order valence-corrected chi connectivity index (χ2v) is 22.9. The highest BCUT2D eigenvalue weighted by Gasteiger charge is 2.27. The maximum absolute atomic E-state index is 14.1. The standard InChI is InChI=1S/C70H82N12O6/c1-43-13-10-19-55-64(43)49(40-74-55)37-61(83)80-58(16-4-7-34-71)68(86)77-52-28-22-46(23-29-52)67(47-24-30-53(31-25-47)78-69(87)59(17-5-8-35-72)81-62(84)38-50-41-75-56-20-11-14-44(2)65(50)56)48-26-32-54(33-27-48)79-70(88)60(18-6-9-36-73)82-63(85)39-51-42-76-57-21-12-15-45(3)66(51)57/h10-15,19-33,40-42,58-60,67,74-76H,4-9,16-18,34-39,71-73H2,1-3H3,(H,77,86)(H,78,87)(H,79,88)(H,80,83)(H,81,84)(H,82,85)/t58-,59-,60-/m1/s1. The summed E-state index contributed by atoms with van der Waals surface area (Å²) in [5, 5.41) is 21.1. The number of nitrogens with two attached hydrogens (primary N) is 3. The van der Waals surface area contributed by atoms with Crippen LogP contribution in [0.15, 0.2) is 146 Å². The molecule has 15 N–H and O–H groups in total. The Balaban J connectivity index is 0.932. The number of rotatable bonds is 30. The summed E-state index contributed by atoms with van der Waals surface area (Å²) in [5.41, 5.74) is 30.3. The molecule has 0 saturated heterocycles. The molecule has 0 unspecified atom stereocenters. The van der Waals surface area contributed by atoms with Gasteiger partial charge >= 0.3 is 0 Å². The van der Waals surface area contributed by atoms with Crippen molar-refractivity contribution in [3.05, 3.63) is 196 Å². The van der Waals surface area contributed by atoms with Crippen LogP contribution in [0.2, 0.25) is 0 Å². The number of nitrogens with one attached hydrogen (secondary N) is 9. The number of carbonyl (C=O) groups is 6. The Bertz CT molecular complexity index is 3470. The van der Waals surface area contributed by atoms with E-state index in [2.05, 4.69) is 46.9 Å². The van der Waals surface area contributed by atoms with Gasteiger partial charge in [-0.05, 0) is 203 Å². The van der Waals surface area contributed by atoms with Gasteiger partial charge in [-0.3, -0.25) is 28.8 Å². The van der Waals surface area contributed by atoms with Gasteiger partial charge in [-0.1, -0.05) is 72.8 Å². The van der Waals surface area contributed by atoms with E-state index < -0.39 is 18.1 Å². The molecule has 18 heteroatoms. The van der Waals surface area contributed by atoms with Crippen molar-refractivity contribution in [3.63, 3.8) is 0 Å². The van der Waals surface area contributed by atoms with Gasteiger partial charge in [-0.2, -0.15) is 0 Å². The number of anilines is 3. The summed E-state index contributed by atoms with van der Waals surface area (Å²) < 4.78 is 0. The van der Waals surface area contributed by atoms with Crippen molar-refractivity contribution in [3.8, 4) is 0 Å². The van der Waals surface area contributed by atoms with Gasteiger partial charge in [-0.15, -0.1) is 0 Å². The molecule has 458 valence electrons. The minimum Gasteiger partial charge on any atom is -0.361 e. The van der Waals surface area contributed by atoms with Gasteiger partial charge in [0.05, 0.1) is 19.3 Å². The minimum atomic E-state index is -0.810. The van der Waals surface area contributed by atoms with Crippen LogP contribution < -0.4 is 49.1 Å². The van der Waals surface area contributed by atoms with Crippen LogP contribution in [0.5, 0.6) is 0 Å². The fourth-order valence-electron chi connectivity index (χ4n) is 11.9. The average Bonchev–Trinajstić information content (AvgIpc) is 2.89. The van der Waals surface area contributed by atoms with Crippen molar-refractivity contribution in [1.82, 2.24) is 30.9 Å². The zero-order valence-electron chi connectivity index (χ0n) is 50.5. The Morgan fingerprint density at radius 2 is 0.648 bits per heavy atom. The monoisotopic (exact) mass is 1190 g/mol. The number of benzene rings is 6. The van der Waals surface area contributed by atoms with E-state index in [4.69, 9.17) is 17.2 Å². The number of aromatic amines is 3. The number of H-pyrrole nitrogens is 3. The second kappa shape index (κ2) is 30.3. The fourth-order valence-corrected chi connectivity index (χ4v) is 11.9. The molecule has 0 aliphatic rings. The molecule has 6 amide bonds. The number of fused-ring (bicyclic) bond motifs is 3. The van der Waals surface area contributed by atoms with E-state index in [1.807, 2.05) is 167 Å². The van der Waals surface area contributed by atoms with E-state index in [0.717, 1.165) is 82.8 Å². The van der Waals surface area contributed by atoms with Gasteiger partial charge in [0, 0.05) is 74.3 Å². The highest BCUT2D eigenvalue weighted by Crippen LogP contribution is 2.35. The topological polar surface area (TPSA) is 300 Å². The van der Waals surface area contributed by atoms with Crippen molar-refractivity contribution in [2.24, 2.45) is 17.2 Å². The first kappa shape index (κ1) is 63.2. The third-order valence-electron chi connectivity index (χ3n) is 16.4. The molecule has 3 atom stereocenters. The lowest BCUT2D eigenvalue weighted by Gasteiger charge is -2.22. The van der Waals surface area contributed by atoms with E-state index in [1.165, 1.54) is 0 Å². The van der Waals surface area contributed by atoms with Gasteiger partial charge in [0.1, 0.15) is 18.1 Å². The third-order valence-corrected chi connectivity index (χ3v) is 16.4. The molecular weight excluding hydrogens is 1100 g/mol. The molecule has 0 aliphatic carbocycles. The third kappa shape index (κ3) is 16.2. The first-order valence-corrected chi connectivity index (χ1v) is 30.6. The van der Waals surface area contributed by atoms with Gasteiger partial charge < -0.3 is 64.1 Å². The van der Waals surface area contributed by atoms with Crippen molar-refractivity contribution >= 4 is 85.2 Å². The van der Waals surface area contributed by atoms with Gasteiger partial charge in [0.15, 0.2) is 0 Å². The van der Waals surface area contributed by atoms with E-state index in [1.54, 1.807) is 0 Å². The number of carbonyl (C=O) groups excluding carboxylic acids is 6. The molecule has 9 rings (SSSR count). The summed E-state index contributed by atoms with van der Waals surface area (Å²) in [6.45, 7) is 7.40. The number of amides is 6.